The van der Waals surface area contributed by atoms with E-state index >= 15 is 0 Å². The van der Waals surface area contributed by atoms with Gasteiger partial charge in [-0.05, 0) is 72.6 Å². The highest BCUT2D eigenvalue weighted by Gasteiger charge is 2.38. The summed E-state index contributed by atoms with van der Waals surface area (Å²) >= 11 is 6.31. The van der Waals surface area contributed by atoms with Crippen LogP contribution in [0.15, 0.2) is 97.2 Å². The Hall–Kier alpha value is -4.73. The molecular formula is C39H45ClN4O5. The first-order chi connectivity index (χ1) is 23.2. The average molecular weight is 685 g/mol. The highest BCUT2D eigenvalue weighted by molar-refractivity contribution is 6.31. The Kier molecular flexibility index (Phi) is 12.6. The Morgan fingerprint density at radius 3 is 2.12 bits per heavy atom. The largest absolute Gasteiger partial charge is 0.465 e. The van der Waals surface area contributed by atoms with E-state index in [1.165, 1.54) is 7.05 Å². The van der Waals surface area contributed by atoms with Crippen LogP contribution < -0.4 is 10.6 Å². The molecule has 1 aromatic heterocycles. The number of rotatable bonds is 13. The molecule has 49 heavy (non-hydrogen) atoms. The molecule has 4 rings (SSSR count). The molecule has 0 saturated carbocycles. The summed E-state index contributed by atoms with van der Waals surface area (Å²) in [6, 6.07) is 25.8. The van der Waals surface area contributed by atoms with Gasteiger partial charge in [0.1, 0.15) is 6.04 Å². The maximum Gasteiger partial charge on any atom is 0.407 e. The van der Waals surface area contributed by atoms with Crippen molar-refractivity contribution in [3.63, 3.8) is 0 Å². The summed E-state index contributed by atoms with van der Waals surface area (Å²) in [4.78, 5) is 44.8. The Bertz CT molecular complexity index is 1710. The van der Waals surface area contributed by atoms with Crippen LogP contribution in [0.25, 0.3) is 11.3 Å². The molecule has 0 aliphatic rings. The molecule has 0 aliphatic carbocycles. The maximum absolute atomic E-state index is 13.9. The summed E-state index contributed by atoms with van der Waals surface area (Å²) in [5.74, 6) is -0.848. The average Bonchev–Trinajstić information content (AvgIpc) is 3.06. The number of hydrogen-bond donors (Lipinski definition) is 4. The van der Waals surface area contributed by atoms with E-state index in [-0.39, 0.29) is 12.3 Å². The fourth-order valence-corrected chi connectivity index (χ4v) is 6.24. The van der Waals surface area contributed by atoms with Crippen molar-refractivity contribution in [2.24, 2.45) is 5.41 Å². The van der Waals surface area contributed by atoms with Crippen LogP contribution in [0.2, 0.25) is 5.02 Å². The van der Waals surface area contributed by atoms with Gasteiger partial charge in [0.05, 0.1) is 17.8 Å². The second-order valence-electron chi connectivity index (χ2n) is 13.5. The number of carboxylic acid groups (broad SMARTS) is 1. The number of pyridine rings is 1. The normalized spacial score (nSPS) is 13.9. The van der Waals surface area contributed by atoms with Crippen molar-refractivity contribution in [3.05, 3.63) is 124 Å². The molecule has 1 heterocycles. The molecule has 0 spiro atoms. The monoisotopic (exact) mass is 684 g/mol. The van der Waals surface area contributed by atoms with Crippen LogP contribution in [0.1, 0.15) is 54.2 Å². The number of hydrogen-bond acceptors (Lipinski definition) is 5. The molecule has 3 aromatic carbocycles. The number of aliphatic hydroxyl groups is 1. The number of aromatic nitrogens is 1. The molecule has 0 aliphatic heterocycles. The van der Waals surface area contributed by atoms with E-state index in [1.807, 2.05) is 72.8 Å². The number of carbonyl (C=O) groups excluding carboxylic acids is 2. The third kappa shape index (κ3) is 10.1. The summed E-state index contributed by atoms with van der Waals surface area (Å²) in [5.41, 5.74) is 3.88. The van der Waals surface area contributed by atoms with Crippen LogP contribution >= 0.6 is 11.6 Å². The minimum absolute atomic E-state index is 0.0771. The van der Waals surface area contributed by atoms with Crippen molar-refractivity contribution in [2.75, 3.05) is 7.05 Å². The van der Waals surface area contributed by atoms with Gasteiger partial charge in [0.25, 0.3) is 5.91 Å². The Labute approximate surface area is 293 Å². The summed E-state index contributed by atoms with van der Waals surface area (Å²) in [5, 5.41) is 28.2. The summed E-state index contributed by atoms with van der Waals surface area (Å²) in [6.07, 6.45) is 0.172. The topological polar surface area (TPSA) is 132 Å². The Balaban J connectivity index is 1.64. The van der Waals surface area contributed by atoms with Gasteiger partial charge in [0, 0.05) is 35.4 Å². The number of nitrogens with one attached hydrogen (secondary N) is 2. The van der Waals surface area contributed by atoms with Crippen molar-refractivity contribution in [1.82, 2.24) is 20.5 Å². The zero-order chi connectivity index (χ0) is 35.7. The third-order valence-corrected chi connectivity index (χ3v) is 9.03. The lowest BCUT2D eigenvalue weighted by Gasteiger charge is -2.37. The molecule has 3 amide bonds. The van der Waals surface area contributed by atoms with Gasteiger partial charge in [-0.1, -0.05) is 99.1 Å². The lowest BCUT2D eigenvalue weighted by molar-refractivity contribution is -0.129. The molecule has 0 unspecified atom stereocenters. The predicted octanol–water partition coefficient (Wildman–Crippen LogP) is 6.55. The van der Waals surface area contributed by atoms with E-state index in [0.717, 1.165) is 27.3 Å². The van der Waals surface area contributed by atoms with Gasteiger partial charge in [-0.3, -0.25) is 19.5 Å². The van der Waals surface area contributed by atoms with Crippen molar-refractivity contribution in [1.29, 1.82) is 0 Å². The van der Waals surface area contributed by atoms with Crippen LogP contribution in [0, 0.1) is 12.3 Å². The van der Waals surface area contributed by atoms with E-state index in [2.05, 4.69) is 15.6 Å². The number of benzene rings is 3. The van der Waals surface area contributed by atoms with Crippen molar-refractivity contribution in [3.8, 4) is 11.3 Å². The molecule has 4 aromatic rings. The van der Waals surface area contributed by atoms with E-state index in [0.29, 0.717) is 29.0 Å². The van der Waals surface area contributed by atoms with E-state index < -0.39 is 41.6 Å². The molecule has 258 valence electrons. The summed E-state index contributed by atoms with van der Waals surface area (Å²) in [6.45, 7) is 7.19. The van der Waals surface area contributed by atoms with Crippen molar-refractivity contribution < 1.29 is 24.6 Å². The molecule has 0 fully saturated rings. The van der Waals surface area contributed by atoms with Crippen molar-refractivity contribution >= 4 is 29.5 Å². The van der Waals surface area contributed by atoms with Crippen LogP contribution in [-0.2, 0) is 17.6 Å². The number of halogens is 1. The Morgan fingerprint density at radius 1 is 0.857 bits per heavy atom. The highest BCUT2D eigenvalue weighted by atomic mass is 35.5. The predicted molar refractivity (Wildman–Crippen MR) is 193 cm³/mol. The fourth-order valence-electron chi connectivity index (χ4n) is 6.07. The third-order valence-electron chi connectivity index (χ3n) is 8.62. The number of aliphatic hydroxyl groups excluding tert-OH is 1. The van der Waals surface area contributed by atoms with Gasteiger partial charge in [-0.15, -0.1) is 0 Å². The maximum atomic E-state index is 13.9. The number of nitrogens with zero attached hydrogens (tertiary/aromatic N) is 2. The first-order valence-electron chi connectivity index (χ1n) is 16.3. The molecule has 10 heteroatoms. The molecule has 0 bridgehead atoms. The number of amides is 3. The molecule has 9 nitrogen and oxygen atoms in total. The van der Waals surface area contributed by atoms with E-state index in [4.69, 9.17) is 11.6 Å². The molecular weight excluding hydrogens is 640 g/mol. The lowest BCUT2D eigenvalue weighted by Crippen LogP contribution is -2.57. The van der Waals surface area contributed by atoms with Gasteiger partial charge in [0.2, 0.25) is 5.91 Å². The van der Waals surface area contributed by atoms with E-state index in [9.17, 15) is 24.6 Å². The highest BCUT2D eigenvalue weighted by Crippen LogP contribution is 2.26. The fraction of sp³-hybridized carbons (Fsp3) is 0.333. The Morgan fingerprint density at radius 2 is 1.51 bits per heavy atom. The summed E-state index contributed by atoms with van der Waals surface area (Å²) < 4.78 is 0. The molecule has 0 saturated heterocycles. The minimum atomic E-state index is -1.22. The van der Waals surface area contributed by atoms with Gasteiger partial charge >= 0.3 is 6.09 Å². The molecule has 0 radical (unpaired) electrons. The first-order valence-corrected chi connectivity index (χ1v) is 16.7. The van der Waals surface area contributed by atoms with Crippen LogP contribution in [0.4, 0.5) is 4.79 Å². The molecule has 4 atom stereocenters. The standard InChI is InChI=1S/C39H45ClN4O5/c1-25-30(14-11-15-31(25)40)36(46)43-33(23-26-12-7-6-8-13-26)34(45)24-29(42-37(47)35(39(2,3)4)44(5)38(48)49)22-27-17-19-28(20-18-27)32-16-9-10-21-41-32/h6-21,29,33-35,45H,22-24H2,1-5H3,(H,42,47)(H,43,46)(H,48,49)/t29-,33-,34-,35+/m0/s1. The van der Waals surface area contributed by atoms with Gasteiger partial charge in [-0.2, -0.15) is 0 Å². The minimum Gasteiger partial charge on any atom is -0.465 e. The molecule has 4 N–H and O–H groups in total. The number of carbonyl (C=O) groups is 3. The second-order valence-corrected chi connectivity index (χ2v) is 13.9. The van der Waals surface area contributed by atoms with Crippen LogP contribution in [0.3, 0.4) is 0 Å². The zero-order valence-corrected chi connectivity index (χ0v) is 29.3. The van der Waals surface area contributed by atoms with Gasteiger partial charge in [0.15, 0.2) is 0 Å². The quantitative estimate of drug-likeness (QED) is 0.126. The summed E-state index contributed by atoms with van der Waals surface area (Å²) in [7, 11) is 1.38. The van der Waals surface area contributed by atoms with Crippen LogP contribution in [-0.4, -0.2) is 69.3 Å². The van der Waals surface area contributed by atoms with Crippen molar-refractivity contribution in [2.45, 2.75) is 71.2 Å². The SMILES string of the molecule is Cc1c(Cl)cccc1C(=O)N[C@@H](Cc1ccccc1)[C@@H](O)C[C@H](Cc1ccc(-c2ccccn2)cc1)NC(=O)[C@@H](N(C)C(=O)O)C(C)(C)C. The van der Waals surface area contributed by atoms with E-state index in [1.54, 1.807) is 52.1 Å². The smallest absolute Gasteiger partial charge is 0.407 e. The first kappa shape index (κ1) is 37.1. The second kappa shape index (κ2) is 16.6. The van der Waals surface area contributed by atoms with Gasteiger partial charge < -0.3 is 20.8 Å². The van der Waals surface area contributed by atoms with Gasteiger partial charge in [-0.25, -0.2) is 4.79 Å². The zero-order valence-electron chi connectivity index (χ0n) is 28.6. The number of likely N-dealkylation sites (N-methyl/N-ethyl adjacent to an activating group) is 1. The lowest BCUT2D eigenvalue weighted by atomic mass is 9.84. The van der Waals surface area contributed by atoms with Crippen LogP contribution in [0.5, 0.6) is 0 Å².